The van der Waals surface area contributed by atoms with Crippen LogP contribution in [-0.4, -0.2) is 29.0 Å². The Morgan fingerprint density at radius 3 is 2.11 bits per heavy atom. The van der Waals surface area contributed by atoms with Crippen molar-refractivity contribution in [1.29, 1.82) is 0 Å². The number of hydrogen-bond acceptors (Lipinski definition) is 3. The van der Waals surface area contributed by atoms with E-state index in [1.165, 1.54) is 24.8 Å². The average Bonchev–Trinajstić information content (AvgIpc) is 2.67. The summed E-state index contributed by atoms with van der Waals surface area (Å²) in [6.07, 6.45) is 5.98. The van der Waals surface area contributed by atoms with Crippen LogP contribution in [0.4, 0.5) is 0 Å². The minimum Gasteiger partial charge on any atom is -0.394 e. The van der Waals surface area contributed by atoms with Gasteiger partial charge in [0.05, 0.1) is 18.8 Å². The normalized spacial score (nSPS) is 11.3. The van der Waals surface area contributed by atoms with E-state index in [0.29, 0.717) is 17.9 Å². The highest BCUT2D eigenvalue weighted by molar-refractivity contribution is 6.31. The lowest BCUT2D eigenvalue weighted by molar-refractivity contribution is 0.115. The minimum absolute atomic E-state index is 0. The average molecular weight is 412 g/mol. The predicted octanol–water partition coefficient (Wildman–Crippen LogP) is 4.78. The Morgan fingerprint density at radius 2 is 1.56 bits per heavy atom. The van der Waals surface area contributed by atoms with Gasteiger partial charge in [-0.1, -0.05) is 67.8 Å². The molecule has 0 radical (unpaired) electrons. The number of benzene rings is 2. The quantitative estimate of drug-likeness (QED) is 0.492. The van der Waals surface area contributed by atoms with Crippen LogP contribution in [0, 0.1) is 0 Å². The molecule has 2 aromatic carbocycles. The molecule has 150 valence electrons. The molecule has 0 aliphatic heterocycles. The first-order valence-corrected chi connectivity index (χ1v) is 9.77. The van der Waals surface area contributed by atoms with Gasteiger partial charge in [-0.25, -0.2) is 0 Å². The molecule has 0 saturated heterocycles. The Kier molecular flexibility index (Phi) is 10.4. The molecule has 0 saturated carbocycles. The van der Waals surface area contributed by atoms with Crippen molar-refractivity contribution in [3.63, 3.8) is 0 Å². The first-order valence-electron chi connectivity index (χ1n) is 9.39. The van der Waals surface area contributed by atoms with Crippen molar-refractivity contribution in [3.05, 3.63) is 58.6 Å². The van der Waals surface area contributed by atoms with E-state index in [0.717, 1.165) is 23.1 Å². The Balaban J connectivity index is 0.00000364. The Bertz CT molecular complexity index is 685. The fraction of sp³-hybridized carbons (Fsp3) is 0.455. The maximum Gasteiger partial charge on any atom is 0.0633 e. The van der Waals surface area contributed by atoms with Gasteiger partial charge in [0.1, 0.15) is 0 Å². The van der Waals surface area contributed by atoms with Crippen LogP contribution < -0.4 is 5.73 Å². The molecule has 0 spiro atoms. The van der Waals surface area contributed by atoms with Gasteiger partial charge >= 0.3 is 0 Å². The van der Waals surface area contributed by atoms with Crippen molar-refractivity contribution in [3.8, 4) is 11.1 Å². The molecule has 27 heavy (non-hydrogen) atoms. The van der Waals surface area contributed by atoms with E-state index in [-0.39, 0.29) is 25.6 Å². The third-order valence-corrected chi connectivity index (χ3v) is 5.28. The summed E-state index contributed by atoms with van der Waals surface area (Å²) in [4.78, 5) is 0. The lowest BCUT2D eigenvalue weighted by atomic mass is 9.93. The van der Waals surface area contributed by atoms with Crippen molar-refractivity contribution in [1.82, 2.24) is 0 Å². The molecular formula is C22H31Cl2NO2. The van der Waals surface area contributed by atoms with Crippen LogP contribution >= 0.6 is 24.0 Å². The second-order valence-corrected chi connectivity index (χ2v) is 7.55. The van der Waals surface area contributed by atoms with E-state index in [1.807, 2.05) is 12.1 Å². The van der Waals surface area contributed by atoms with Crippen LogP contribution in [0.15, 0.2) is 42.5 Å². The molecular weight excluding hydrogens is 381 g/mol. The zero-order chi connectivity index (χ0) is 19.0. The van der Waals surface area contributed by atoms with E-state index in [9.17, 15) is 10.2 Å². The van der Waals surface area contributed by atoms with Crippen molar-refractivity contribution in [2.24, 2.45) is 5.73 Å². The number of rotatable bonds is 10. The number of nitrogens with two attached hydrogens (primary N) is 1. The molecule has 0 atom stereocenters. The van der Waals surface area contributed by atoms with Crippen LogP contribution in [-0.2, 0) is 12.8 Å². The molecule has 0 unspecified atom stereocenters. The van der Waals surface area contributed by atoms with Crippen LogP contribution in [0.1, 0.15) is 43.7 Å². The summed E-state index contributed by atoms with van der Waals surface area (Å²) in [7, 11) is 0. The van der Waals surface area contributed by atoms with Crippen LogP contribution in [0.5, 0.6) is 0 Å². The van der Waals surface area contributed by atoms with Gasteiger partial charge in [0, 0.05) is 5.02 Å². The fourth-order valence-corrected chi connectivity index (χ4v) is 3.24. The molecule has 0 heterocycles. The monoisotopic (exact) mass is 411 g/mol. The largest absolute Gasteiger partial charge is 0.394 e. The first kappa shape index (κ1) is 23.9. The molecule has 0 aromatic heterocycles. The SMILES string of the molecule is CCCCCc1ccc(-c2ccc(CCC(N)(CO)CO)c(Cl)c2)cc1.Cl. The number of aryl methyl sites for hydroxylation is 2. The first-order chi connectivity index (χ1) is 12.5. The molecule has 0 amide bonds. The molecule has 0 aliphatic rings. The number of aliphatic hydroxyl groups is 2. The molecule has 0 aliphatic carbocycles. The van der Waals surface area contributed by atoms with Gasteiger partial charge in [-0.3, -0.25) is 0 Å². The number of halogens is 2. The van der Waals surface area contributed by atoms with Crippen molar-refractivity contribution >= 4 is 24.0 Å². The summed E-state index contributed by atoms with van der Waals surface area (Å²) < 4.78 is 0. The summed E-state index contributed by atoms with van der Waals surface area (Å²) >= 11 is 6.44. The van der Waals surface area contributed by atoms with Crippen molar-refractivity contribution in [2.45, 2.75) is 51.0 Å². The van der Waals surface area contributed by atoms with Crippen LogP contribution in [0.25, 0.3) is 11.1 Å². The molecule has 3 nitrogen and oxygen atoms in total. The van der Waals surface area contributed by atoms with Gasteiger partial charge in [-0.15, -0.1) is 12.4 Å². The van der Waals surface area contributed by atoms with Gasteiger partial charge in [-0.2, -0.15) is 0 Å². The lowest BCUT2D eigenvalue weighted by Crippen LogP contribution is -2.47. The van der Waals surface area contributed by atoms with Gasteiger partial charge in [0.15, 0.2) is 0 Å². The summed E-state index contributed by atoms with van der Waals surface area (Å²) in [5.41, 5.74) is 9.55. The summed E-state index contributed by atoms with van der Waals surface area (Å²) in [5.74, 6) is 0. The molecule has 5 heteroatoms. The smallest absolute Gasteiger partial charge is 0.0633 e. The molecule has 2 aromatic rings. The van der Waals surface area contributed by atoms with Crippen LogP contribution in [0.2, 0.25) is 5.02 Å². The van der Waals surface area contributed by atoms with E-state index in [1.54, 1.807) is 0 Å². The highest BCUT2D eigenvalue weighted by atomic mass is 35.5. The van der Waals surface area contributed by atoms with Gasteiger partial charge in [-0.05, 0) is 54.0 Å². The summed E-state index contributed by atoms with van der Waals surface area (Å²) in [6, 6.07) is 14.7. The second kappa shape index (κ2) is 11.7. The van der Waals surface area contributed by atoms with Crippen LogP contribution in [0.3, 0.4) is 0 Å². The lowest BCUT2D eigenvalue weighted by Gasteiger charge is -2.24. The highest BCUT2D eigenvalue weighted by Gasteiger charge is 2.23. The third-order valence-electron chi connectivity index (χ3n) is 4.93. The second-order valence-electron chi connectivity index (χ2n) is 7.14. The Hall–Kier alpha value is -1.10. The summed E-state index contributed by atoms with van der Waals surface area (Å²) in [6.45, 7) is 1.73. The van der Waals surface area contributed by atoms with E-state index in [4.69, 9.17) is 17.3 Å². The zero-order valence-electron chi connectivity index (χ0n) is 16.0. The van der Waals surface area contributed by atoms with E-state index in [2.05, 4.69) is 37.3 Å². The fourth-order valence-electron chi connectivity index (χ4n) is 2.96. The summed E-state index contributed by atoms with van der Waals surface area (Å²) in [5, 5.41) is 19.3. The maximum atomic E-state index is 9.30. The topological polar surface area (TPSA) is 66.5 Å². The number of unbranched alkanes of at least 4 members (excludes halogenated alkanes) is 2. The van der Waals surface area contributed by atoms with Crippen molar-refractivity contribution in [2.75, 3.05) is 13.2 Å². The Morgan fingerprint density at radius 1 is 0.926 bits per heavy atom. The van der Waals surface area contributed by atoms with Gasteiger partial charge < -0.3 is 15.9 Å². The molecule has 4 N–H and O–H groups in total. The molecule has 0 fully saturated rings. The van der Waals surface area contributed by atoms with E-state index >= 15 is 0 Å². The maximum absolute atomic E-state index is 9.30. The standard InChI is InChI=1S/C22H30ClNO2.ClH/c1-2-3-4-5-17-6-8-18(9-7-17)20-11-10-19(21(23)14-20)12-13-22(24,15-25)16-26;/h6-11,14,25-26H,2-5,12-13,15-16,24H2,1H3;1H. The van der Waals surface area contributed by atoms with Gasteiger partial charge in [0.2, 0.25) is 0 Å². The van der Waals surface area contributed by atoms with E-state index < -0.39 is 5.54 Å². The zero-order valence-corrected chi connectivity index (χ0v) is 17.5. The van der Waals surface area contributed by atoms with Crippen molar-refractivity contribution < 1.29 is 10.2 Å². The third kappa shape index (κ3) is 7.10. The minimum atomic E-state index is -0.963. The predicted molar refractivity (Wildman–Crippen MR) is 117 cm³/mol. The number of aliphatic hydroxyl groups excluding tert-OH is 2. The number of hydrogen-bond donors (Lipinski definition) is 3. The van der Waals surface area contributed by atoms with Gasteiger partial charge in [0.25, 0.3) is 0 Å². The molecule has 2 rings (SSSR count). The Labute approximate surface area is 174 Å². The molecule has 0 bridgehead atoms. The highest BCUT2D eigenvalue weighted by Crippen LogP contribution is 2.27.